The van der Waals surface area contributed by atoms with Crippen LogP contribution in [0.25, 0.3) is 0 Å². The Bertz CT molecular complexity index is 401. The third-order valence-electron chi connectivity index (χ3n) is 4.06. The standard InChI is InChI=1S/C15H21ClFN/c1-10(12-5-3-4-6-12)18-11(2)13-7-8-15(17)14(16)9-13/h7-12,18H,3-6H2,1-2H3/t10-,11?/m1/s1. The van der Waals surface area contributed by atoms with E-state index in [9.17, 15) is 4.39 Å². The number of hydrogen-bond acceptors (Lipinski definition) is 1. The first-order chi connectivity index (χ1) is 8.58. The van der Waals surface area contributed by atoms with E-state index in [2.05, 4.69) is 19.2 Å². The first-order valence-electron chi connectivity index (χ1n) is 6.79. The molecule has 0 radical (unpaired) electrons. The molecule has 1 N–H and O–H groups in total. The summed E-state index contributed by atoms with van der Waals surface area (Å²) in [5.74, 6) is 0.430. The lowest BCUT2D eigenvalue weighted by Crippen LogP contribution is -2.34. The minimum Gasteiger partial charge on any atom is -0.307 e. The van der Waals surface area contributed by atoms with Crippen LogP contribution in [0.3, 0.4) is 0 Å². The summed E-state index contributed by atoms with van der Waals surface area (Å²) in [6, 6.07) is 5.68. The van der Waals surface area contributed by atoms with Gasteiger partial charge in [0.2, 0.25) is 0 Å². The predicted molar refractivity (Wildman–Crippen MR) is 74.4 cm³/mol. The minimum absolute atomic E-state index is 0.203. The maximum absolute atomic E-state index is 13.1. The summed E-state index contributed by atoms with van der Waals surface area (Å²) in [5, 5.41) is 3.81. The normalized spacial score (nSPS) is 20.0. The molecule has 1 aliphatic rings. The maximum Gasteiger partial charge on any atom is 0.141 e. The van der Waals surface area contributed by atoms with E-state index in [1.54, 1.807) is 12.1 Å². The van der Waals surface area contributed by atoms with Gasteiger partial charge in [-0.3, -0.25) is 0 Å². The van der Waals surface area contributed by atoms with Crippen molar-refractivity contribution in [1.82, 2.24) is 5.32 Å². The summed E-state index contributed by atoms with van der Waals surface area (Å²) in [4.78, 5) is 0. The Hall–Kier alpha value is -0.600. The van der Waals surface area contributed by atoms with E-state index in [0.29, 0.717) is 6.04 Å². The molecule has 0 spiro atoms. The van der Waals surface area contributed by atoms with Crippen molar-refractivity contribution in [1.29, 1.82) is 0 Å². The molecule has 0 saturated heterocycles. The Balaban J connectivity index is 1.97. The van der Waals surface area contributed by atoms with Gasteiger partial charge in [-0.2, -0.15) is 0 Å². The highest BCUT2D eigenvalue weighted by Crippen LogP contribution is 2.29. The van der Waals surface area contributed by atoms with Crippen molar-refractivity contribution in [2.24, 2.45) is 5.92 Å². The Morgan fingerprint density at radius 2 is 1.94 bits per heavy atom. The smallest absolute Gasteiger partial charge is 0.141 e. The van der Waals surface area contributed by atoms with Crippen LogP contribution in [0.15, 0.2) is 18.2 Å². The largest absolute Gasteiger partial charge is 0.307 e. The Morgan fingerprint density at radius 1 is 1.28 bits per heavy atom. The molecule has 100 valence electrons. The molecular weight excluding hydrogens is 249 g/mol. The first-order valence-corrected chi connectivity index (χ1v) is 7.16. The second-order valence-corrected chi connectivity index (χ2v) is 5.80. The molecule has 2 rings (SSSR count). The van der Waals surface area contributed by atoms with E-state index >= 15 is 0 Å². The zero-order chi connectivity index (χ0) is 13.1. The van der Waals surface area contributed by atoms with Gasteiger partial charge in [0.25, 0.3) is 0 Å². The molecule has 1 unspecified atom stereocenters. The molecule has 0 heterocycles. The lowest BCUT2D eigenvalue weighted by molar-refractivity contribution is 0.352. The van der Waals surface area contributed by atoms with Crippen LogP contribution in [0.5, 0.6) is 0 Å². The van der Waals surface area contributed by atoms with E-state index < -0.39 is 0 Å². The van der Waals surface area contributed by atoms with Gasteiger partial charge in [-0.05, 0) is 50.3 Å². The highest BCUT2D eigenvalue weighted by Gasteiger charge is 2.22. The molecule has 2 atom stereocenters. The van der Waals surface area contributed by atoms with Gasteiger partial charge < -0.3 is 5.32 Å². The topological polar surface area (TPSA) is 12.0 Å². The summed E-state index contributed by atoms with van der Waals surface area (Å²) in [6.45, 7) is 4.35. The molecule has 1 fully saturated rings. The molecule has 0 aliphatic heterocycles. The first kappa shape index (κ1) is 13.8. The molecule has 1 saturated carbocycles. The van der Waals surface area contributed by atoms with E-state index in [1.807, 2.05) is 0 Å². The zero-order valence-corrected chi connectivity index (χ0v) is 11.8. The number of halogens is 2. The van der Waals surface area contributed by atoms with Crippen molar-refractivity contribution in [3.8, 4) is 0 Å². The van der Waals surface area contributed by atoms with Crippen molar-refractivity contribution in [3.63, 3.8) is 0 Å². The van der Waals surface area contributed by atoms with Crippen molar-refractivity contribution in [3.05, 3.63) is 34.6 Å². The summed E-state index contributed by atoms with van der Waals surface area (Å²) in [7, 11) is 0. The summed E-state index contributed by atoms with van der Waals surface area (Å²) in [6.07, 6.45) is 5.36. The van der Waals surface area contributed by atoms with Crippen LogP contribution < -0.4 is 5.32 Å². The molecule has 1 nitrogen and oxygen atoms in total. The average Bonchev–Trinajstić information content (AvgIpc) is 2.86. The summed E-state index contributed by atoms with van der Waals surface area (Å²) < 4.78 is 13.1. The molecule has 1 aliphatic carbocycles. The molecule has 0 aromatic heterocycles. The van der Waals surface area contributed by atoms with Gasteiger partial charge in [-0.1, -0.05) is 30.5 Å². The van der Waals surface area contributed by atoms with Crippen LogP contribution in [0.2, 0.25) is 5.02 Å². The molecule has 3 heteroatoms. The number of nitrogens with one attached hydrogen (secondary N) is 1. The van der Waals surface area contributed by atoms with Gasteiger partial charge >= 0.3 is 0 Å². The fraction of sp³-hybridized carbons (Fsp3) is 0.600. The Kier molecular flexibility index (Phi) is 4.63. The second-order valence-electron chi connectivity index (χ2n) is 5.40. The minimum atomic E-state index is -0.351. The average molecular weight is 270 g/mol. The van der Waals surface area contributed by atoms with E-state index in [4.69, 9.17) is 11.6 Å². The lowest BCUT2D eigenvalue weighted by atomic mass is 9.98. The summed E-state index contributed by atoms with van der Waals surface area (Å²) in [5.41, 5.74) is 1.05. The van der Waals surface area contributed by atoms with Gasteiger partial charge in [0.05, 0.1) is 5.02 Å². The van der Waals surface area contributed by atoms with Crippen LogP contribution in [-0.4, -0.2) is 6.04 Å². The second kappa shape index (κ2) is 6.03. The van der Waals surface area contributed by atoms with Gasteiger partial charge in [0.1, 0.15) is 5.82 Å². The number of benzene rings is 1. The van der Waals surface area contributed by atoms with Crippen molar-refractivity contribution in [2.75, 3.05) is 0 Å². The quantitative estimate of drug-likeness (QED) is 0.835. The van der Waals surface area contributed by atoms with Gasteiger partial charge in [0.15, 0.2) is 0 Å². The molecule has 1 aromatic carbocycles. The molecule has 18 heavy (non-hydrogen) atoms. The highest BCUT2D eigenvalue weighted by atomic mass is 35.5. The highest BCUT2D eigenvalue weighted by molar-refractivity contribution is 6.30. The number of hydrogen-bond donors (Lipinski definition) is 1. The van der Waals surface area contributed by atoms with Crippen LogP contribution in [-0.2, 0) is 0 Å². The van der Waals surface area contributed by atoms with Crippen molar-refractivity contribution >= 4 is 11.6 Å². The third-order valence-corrected chi connectivity index (χ3v) is 4.35. The van der Waals surface area contributed by atoms with Crippen molar-refractivity contribution in [2.45, 2.75) is 51.6 Å². The van der Waals surface area contributed by atoms with Gasteiger partial charge in [-0.15, -0.1) is 0 Å². The summed E-state index contributed by atoms with van der Waals surface area (Å²) >= 11 is 5.82. The van der Waals surface area contributed by atoms with Gasteiger partial charge in [-0.25, -0.2) is 4.39 Å². The SMILES string of the molecule is CC(N[C@H](C)C1CCCC1)c1ccc(F)c(Cl)c1. The lowest BCUT2D eigenvalue weighted by Gasteiger charge is -2.25. The van der Waals surface area contributed by atoms with Crippen LogP contribution in [0, 0.1) is 11.7 Å². The van der Waals surface area contributed by atoms with Crippen LogP contribution in [0.4, 0.5) is 4.39 Å². The Morgan fingerprint density at radius 3 is 2.56 bits per heavy atom. The van der Waals surface area contributed by atoms with E-state index in [0.717, 1.165) is 11.5 Å². The fourth-order valence-electron chi connectivity index (χ4n) is 2.87. The molecule has 1 aromatic rings. The van der Waals surface area contributed by atoms with Gasteiger partial charge in [0, 0.05) is 12.1 Å². The molecule has 0 amide bonds. The van der Waals surface area contributed by atoms with Crippen LogP contribution in [0.1, 0.15) is 51.1 Å². The predicted octanol–water partition coefficient (Wildman–Crippen LogP) is 4.71. The maximum atomic E-state index is 13.1. The zero-order valence-electron chi connectivity index (χ0n) is 11.0. The van der Waals surface area contributed by atoms with Crippen LogP contribution >= 0.6 is 11.6 Å². The fourth-order valence-corrected chi connectivity index (χ4v) is 3.05. The monoisotopic (exact) mass is 269 g/mol. The third kappa shape index (κ3) is 3.24. The number of rotatable bonds is 4. The Labute approximate surface area is 114 Å². The van der Waals surface area contributed by atoms with Crippen molar-refractivity contribution < 1.29 is 4.39 Å². The van der Waals surface area contributed by atoms with E-state index in [1.165, 1.54) is 31.7 Å². The molecule has 0 bridgehead atoms. The molecular formula is C15H21ClFN. The van der Waals surface area contributed by atoms with E-state index in [-0.39, 0.29) is 16.9 Å².